The van der Waals surface area contributed by atoms with E-state index in [1.54, 1.807) is 0 Å². The number of urea groups is 1. The number of anilines is 1. The Morgan fingerprint density at radius 1 is 1.33 bits per heavy atom. The topological polar surface area (TPSA) is 106 Å². The third-order valence-corrected chi connectivity index (χ3v) is 4.25. The number of rotatable bonds is 3. The van der Waals surface area contributed by atoms with Crippen molar-refractivity contribution in [3.8, 4) is 5.75 Å². The minimum absolute atomic E-state index is 0.0290. The van der Waals surface area contributed by atoms with Crippen molar-refractivity contribution in [2.24, 2.45) is 0 Å². The Morgan fingerprint density at radius 3 is 2.56 bits per heavy atom. The van der Waals surface area contributed by atoms with E-state index in [-0.39, 0.29) is 22.4 Å². The first-order chi connectivity index (χ1) is 12.6. The molecule has 1 saturated heterocycles. The molecule has 1 atom stereocenters. The van der Waals surface area contributed by atoms with Gasteiger partial charge in [0.15, 0.2) is 5.75 Å². The normalized spacial score (nSPS) is 18.3. The molecule has 0 spiro atoms. The molecule has 1 aromatic heterocycles. The van der Waals surface area contributed by atoms with Crippen LogP contribution in [-0.4, -0.2) is 48.1 Å². The van der Waals surface area contributed by atoms with E-state index in [9.17, 15) is 32.9 Å². The third-order valence-electron chi connectivity index (χ3n) is 4.25. The highest BCUT2D eigenvalue weighted by Crippen LogP contribution is 2.40. The highest BCUT2D eigenvalue weighted by atomic mass is 19.4. The van der Waals surface area contributed by atoms with Gasteiger partial charge < -0.3 is 14.1 Å². The van der Waals surface area contributed by atoms with Crippen molar-refractivity contribution in [1.82, 2.24) is 4.90 Å². The van der Waals surface area contributed by atoms with Gasteiger partial charge in [-0.25, -0.2) is 9.69 Å². The van der Waals surface area contributed by atoms with Crippen LogP contribution in [0.15, 0.2) is 22.8 Å². The molecule has 3 rings (SSSR count). The van der Waals surface area contributed by atoms with E-state index in [1.807, 2.05) is 0 Å². The zero-order chi connectivity index (χ0) is 20.1. The smallest absolute Gasteiger partial charge is 0.409 e. The molecule has 0 saturated carbocycles. The number of hydrogen-bond acceptors (Lipinski definition) is 6. The molecule has 27 heavy (non-hydrogen) atoms. The Kier molecular flexibility index (Phi) is 4.20. The lowest BCUT2D eigenvalue weighted by molar-refractivity contribution is -0.385. The van der Waals surface area contributed by atoms with Gasteiger partial charge in [0.1, 0.15) is 17.9 Å². The number of nitro groups is 1. The van der Waals surface area contributed by atoms with Crippen molar-refractivity contribution in [3.63, 3.8) is 0 Å². The molecule has 3 amide bonds. The van der Waals surface area contributed by atoms with E-state index < -0.39 is 41.2 Å². The van der Waals surface area contributed by atoms with Crippen molar-refractivity contribution in [2.45, 2.75) is 18.6 Å². The number of alkyl halides is 3. The third kappa shape index (κ3) is 2.92. The van der Waals surface area contributed by atoms with Gasteiger partial charge in [0.05, 0.1) is 30.2 Å². The van der Waals surface area contributed by atoms with Gasteiger partial charge in [-0.3, -0.25) is 14.9 Å². The molecule has 1 fully saturated rings. The van der Waals surface area contributed by atoms with E-state index in [0.717, 1.165) is 19.4 Å². The molecule has 0 radical (unpaired) electrons. The largest absolute Gasteiger partial charge is 0.490 e. The number of nitro benzene ring substituents is 1. The van der Waals surface area contributed by atoms with Crippen LogP contribution >= 0.6 is 0 Å². The molecule has 1 aromatic carbocycles. The quantitative estimate of drug-likeness (QED) is 0.592. The molecule has 1 unspecified atom stereocenters. The number of carbonyl (C=O) groups is 2. The Labute approximate surface area is 149 Å². The van der Waals surface area contributed by atoms with E-state index in [0.29, 0.717) is 9.80 Å². The number of nitrogens with zero attached hydrogens (tertiary/aromatic N) is 3. The Bertz CT molecular complexity index is 954. The summed E-state index contributed by atoms with van der Waals surface area (Å²) in [6.07, 6.45) is -4.73. The van der Waals surface area contributed by atoms with Gasteiger partial charge in [0.25, 0.3) is 0 Å². The molecule has 1 aliphatic heterocycles. The first-order valence-electron chi connectivity index (χ1n) is 7.46. The van der Waals surface area contributed by atoms with Crippen molar-refractivity contribution in [1.29, 1.82) is 0 Å². The first-order valence-corrected chi connectivity index (χ1v) is 7.46. The number of methoxy groups -OCH3 is 1. The van der Waals surface area contributed by atoms with Crippen LogP contribution in [0.25, 0.3) is 11.0 Å². The predicted molar refractivity (Wildman–Crippen MR) is 84.5 cm³/mol. The van der Waals surface area contributed by atoms with E-state index >= 15 is 0 Å². The van der Waals surface area contributed by atoms with Crippen molar-refractivity contribution < 1.29 is 36.8 Å². The van der Waals surface area contributed by atoms with Gasteiger partial charge >= 0.3 is 17.9 Å². The van der Waals surface area contributed by atoms with Crippen LogP contribution in [0.2, 0.25) is 0 Å². The van der Waals surface area contributed by atoms with Crippen LogP contribution in [0.3, 0.4) is 0 Å². The van der Waals surface area contributed by atoms with E-state index in [1.165, 1.54) is 13.2 Å². The SMILES string of the molecule is COc1cc2c(N3C(=O)CC(C(F)(F)F)N(C)C3=O)coc2cc1[N+](=O)[O-]. The summed E-state index contributed by atoms with van der Waals surface area (Å²) >= 11 is 0. The van der Waals surface area contributed by atoms with Crippen LogP contribution in [-0.2, 0) is 4.79 Å². The van der Waals surface area contributed by atoms with E-state index in [4.69, 9.17) is 9.15 Å². The molecule has 144 valence electrons. The van der Waals surface area contributed by atoms with Crippen LogP contribution in [0.5, 0.6) is 5.75 Å². The van der Waals surface area contributed by atoms with Crippen molar-refractivity contribution in [3.05, 3.63) is 28.5 Å². The molecule has 9 nitrogen and oxygen atoms in total. The molecule has 2 heterocycles. The first kappa shape index (κ1) is 18.5. The maximum Gasteiger partial charge on any atom is 0.409 e. The molecule has 0 N–H and O–H groups in total. The molecule has 0 aliphatic carbocycles. The number of amides is 3. The van der Waals surface area contributed by atoms with Gasteiger partial charge in [-0.1, -0.05) is 0 Å². The Balaban J connectivity index is 2.09. The fraction of sp³-hybridized carbons (Fsp3) is 0.333. The van der Waals surface area contributed by atoms with Crippen LogP contribution in [0.4, 0.5) is 29.3 Å². The maximum atomic E-state index is 13.0. The van der Waals surface area contributed by atoms with Crippen LogP contribution in [0.1, 0.15) is 6.42 Å². The summed E-state index contributed by atoms with van der Waals surface area (Å²) in [5.41, 5.74) is -0.559. The molecular formula is C15H12F3N3O6. The second kappa shape index (κ2) is 6.14. The van der Waals surface area contributed by atoms with Gasteiger partial charge in [0.2, 0.25) is 5.91 Å². The predicted octanol–water partition coefficient (Wildman–Crippen LogP) is 3.07. The van der Waals surface area contributed by atoms with Crippen LogP contribution in [0, 0.1) is 10.1 Å². The molecule has 12 heteroatoms. The molecule has 0 bridgehead atoms. The van der Waals surface area contributed by atoms with E-state index in [2.05, 4.69) is 0 Å². The standard InChI is InChI=1S/C15H12F3N3O6/c1-19-12(15(16,17)18)5-13(22)20(14(19)23)9-6-27-10-4-8(21(24)25)11(26-2)3-7(9)10/h3-4,6,12H,5H2,1-2H3. The second-order valence-electron chi connectivity index (χ2n) is 5.78. The van der Waals surface area contributed by atoms with Crippen molar-refractivity contribution in [2.75, 3.05) is 19.1 Å². The lowest BCUT2D eigenvalue weighted by Crippen LogP contribution is -2.60. The summed E-state index contributed by atoms with van der Waals surface area (Å²) in [5, 5.41) is 11.2. The highest BCUT2D eigenvalue weighted by molar-refractivity contribution is 6.19. The number of benzene rings is 1. The summed E-state index contributed by atoms with van der Waals surface area (Å²) in [7, 11) is 2.13. The number of ether oxygens (including phenoxy) is 1. The van der Waals surface area contributed by atoms with Gasteiger partial charge in [-0.15, -0.1) is 0 Å². The summed E-state index contributed by atoms with van der Waals surface area (Å²) in [6, 6.07) is -1.20. The number of carbonyl (C=O) groups excluding carboxylic acids is 2. The summed E-state index contributed by atoms with van der Waals surface area (Å²) in [5.74, 6) is -1.23. The fourth-order valence-corrected chi connectivity index (χ4v) is 2.87. The molecular weight excluding hydrogens is 375 g/mol. The Hall–Kier alpha value is -3.31. The number of hydrogen-bond donors (Lipinski definition) is 0. The van der Waals surface area contributed by atoms with Crippen LogP contribution < -0.4 is 9.64 Å². The zero-order valence-electron chi connectivity index (χ0n) is 13.9. The molecule has 2 aromatic rings. The highest BCUT2D eigenvalue weighted by Gasteiger charge is 2.51. The lowest BCUT2D eigenvalue weighted by atomic mass is 10.1. The van der Waals surface area contributed by atoms with Crippen molar-refractivity contribution >= 4 is 34.3 Å². The minimum Gasteiger partial charge on any atom is -0.490 e. The van der Waals surface area contributed by atoms with Gasteiger partial charge in [0, 0.05) is 18.5 Å². The monoisotopic (exact) mass is 387 g/mol. The second-order valence-corrected chi connectivity index (χ2v) is 5.78. The number of imide groups is 1. The average molecular weight is 387 g/mol. The number of halogens is 3. The fourth-order valence-electron chi connectivity index (χ4n) is 2.87. The molecule has 1 aliphatic rings. The lowest BCUT2D eigenvalue weighted by Gasteiger charge is -2.38. The minimum atomic E-state index is -4.76. The average Bonchev–Trinajstić information content (AvgIpc) is 2.98. The summed E-state index contributed by atoms with van der Waals surface area (Å²) in [4.78, 5) is 36.0. The number of furan rings is 1. The van der Waals surface area contributed by atoms with Gasteiger partial charge in [-0.05, 0) is 0 Å². The maximum absolute atomic E-state index is 13.0. The zero-order valence-corrected chi connectivity index (χ0v) is 13.9. The summed E-state index contributed by atoms with van der Waals surface area (Å²) in [6.45, 7) is 0. The van der Waals surface area contributed by atoms with Gasteiger partial charge in [-0.2, -0.15) is 13.2 Å². The summed E-state index contributed by atoms with van der Waals surface area (Å²) < 4.78 is 49.2. The Morgan fingerprint density at radius 2 is 2.00 bits per heavy atom. The number of fused-ring (bicyclic) bond motifs is 1.